The van der Waals surface area contributed by atoms with Crippen molar-refractivity contribution in [3.05, 3.63) is 181 Å². The fourth-order valence-corrected chi connectivity index (χ4v) is 8.41. The van der Waals surface area contributed by atoms with Crippen LogP contribution in [0.2, 0.25) is 0 Å². The molecule has 8 aromatic rings. The zero-order valence-electron chi connectivity index (χ0n) is 29.9. The van der Waals surface area contributed by atoms with Gasteiger partial charge in [0, 0.05) is 46.6 Å². The molecule has 1 aliphatic rings. The molecule has 8 heteroatoms. The maximum atomic E-state index is 5.64. The Kier molecular flexibility index (Phi) is 8.73. The molecule has 4 heterocycles. The number of thiazole rings is 1. The third-order valence-electron chi connectivity index (χ3n) is 10.4. The molecule has 1 aliphatic carbocycles. The van der Waals surface area contributed by atoms with Gasteiger partial charge in [-0.05, 0) is 52.9 Å². The molecule has 0 N–H and O–H groups in total. The van der Waals surface area contributed by atoms with Crippen LogP contribution in [0.5, 0.6) is 11.5 Å². The number of aromatic nitrogens is 5. The zero-order valence-corrected chi connectivity index (χ0v) is 30.7. The fraction of sp³-hybridized carbons (Fsp3) is 0.109. The van der Waals surface area contributed by atoms with Gasteiger partial charge >= 0.3 is 0 Å². The Bertz CT molecular complexity index is 2570. The highest BCUT2D eigenvalue weighted by Crippen LogP contribution is 2.46. The first-order valence-corrected chi connectivity index (χ1v) is 18.8. The van der Waals surface area contributed by atoms with Crippen molar-refractivity contribution in [1.29, 1.82) is 0 Å². The van der Waals surface area contributed by atoms with Gasteiger partial charge in [0.25, 0.3) is 0 Å². The van der Waals surface area contributed by atoms with E-state index >= 15 is 0 Å². The standard InChI is InChI=1S/C46H37N5O2S/c1-52-41-24-22-34(28-42(41)53-2)32-18-20-33(21-19-32)44-39(35-23-25-43-48-29-40(50(43)30-35)45-47-26-27-54-45)31-51(49-44)46(36-12-6-3-7-13-36,37-14-8-4-9-15-37)38-16-10-5-11-17-38/h3-16,18-31,38H,17H2,1-2H3. The maximum Gasteiger partial charge on any atom is 0.161 e. The molecule has 0 radical (unpaired) electrons. The number of fused-ring (bicyclic) bond motifs is 1. The second kappa shape index (κ2) is 14.1. The third kappa shape index (κ3) is 5.72. The topological polar surface area (TPSA) is 66.5 Å². The monoisotopic (exact) mass is 723 g/mol. The van der Waals surface area contributed by atoms with Crippen molar-refractivity contribution in [3.63, 3.8) is 0 Å². The number of ether oxygens (including phenoxy) is 2. The van der Waals surface area contributed by atoms with E-state index in [1.807, 2.05) is 29.9 Å². The van der Waals surface area contributed by atoms with Crippen LogP contribution in [0.1, 0.15) is 17.5 Å². The van der Waals surface area contributed by atoms with Gasteiger partial charge in [-0.15, -0.1) is 11.3 Å². The molecule has 0 saturated carbocycles. The summed E-state index contributed by atoms with van der Waals surface area (Å²) in [6, 6.07) is 40.4. The SMILES string of the molecule is COc1ccc(-c2ccc(-c3nn(C(c4ccccc4)(c4ccccc4)C4C=CC=CC4)cc3-c3ccc4ncc(-c5nccs5)n4c3)cc2)cc1OC. The van der Waals surface area contributed by atoms with E-state index in [2.05, 4.69) is 154 Å². The number of nitrogens with zero attached hydrogens (tertiary/aromatic N) is 5. The number of benzene rings is 4. The van der Waals surface area contributed by atoms with E-state index in [9.17, 15) is 0 Å². The minimum absolute atomic E-state index is 0.0907. The lowest BCUT2D eigenvalue weighted by Gasteiger charge is -2.41. The average molecular weight is 724 g/mol. The van der Waals surface area contributed by atoms with Crippen LogP contribution in [0.3, 0.4) is 0 Å². The zero-order chi connectivity index (χ0) is 36.5. The van der Waals surface area contributed by atoms with E-state index < -0.39 is 5.54 Å². The highest BCUT2D eigenvalue weighted by atomic mass is 32.1. The number of hydrogen-bond acceptors (Lipinski definition) is 6. The minimum atomic E-state index is -0.651. The van der Waals surface area contributed by atoms with E-state index in [4.69, 9.17) is 19.6 Å². The summed E-state index contributed by atoms with van der Waals surface area (Å²) in [4.78, 5) is 9.31. The fourth-order valence-electron chi connectivity index (χ4n) is 7.77. The summed E-state index contributed by atoms with van der Waals surface area (Å²) >= 11 is 1.60. The number of rotatable bonds is 10. The van der Waals surface area contributed by atoms with Gasteiger partial charge in [0.2, 0.25) is 0 Å². The molecule has 4 aromatic heterocycles. The van der Waals surface area contributed by atoms with E-state index in [-0.39, 0.29) is 5.92 Å². The highest BCUT2D eigenvalue weighted by molar-refractivity contribution is 7.13. The van der Waals surface area contributed by atoms with E-state index in [1.54, 1.807) is 25.6 Å². The van der Waals surface area contributed by atoms with Crippen LogP contribution in [0.4, 0.5) is 0 Å². The molecule has 0 fully saturated rings. The van der Waals surface area contributed by atoms with E-state index in [0.717, 1.165) is 56.3 Å². The lowest BCUT2D eigenvalue weighted by Crippen LogP contribution is -2.43. The summed E-state index contributed by atoms with van der Waals surface area (Å²) < 4.78 is 15.5. The summed E-state index contributed by atoms with van der Waals surface area (Å²) in [6.45, 7) is 0. The van der Waals surface area contributed by atoms with Gasteiger partial charge in [0.15, 0.2) is 11.5 Å². The van der Waals surface area contributed by atoms with Crippen molar-refractivity contribution in [3.8, 4) is 55.7 Å². The smallest absolute Gasteiger partial charge is 0.161 e. The van der Waals surface area contributed by atoms with Crippen LogP contribution >= 0.6 is 11.3 Å². The van der Waals surface area contributed by atoms with Gasteiger partial charge in [-0.1, -0.05) is 115 Å². The Morgan fingerprint density at radius 3 is 2.07 bits per heavy atom. The summed E-state index contributed by atoms with van der Waals surface area (Å²) in [7, 11) is 3.31. The summed E-state index contributed by atoms with van der Waals surface area (Å²) in [6.07, 6.45) is 17.9. The second-order valence-electron chi connectivity index (χ2n) is 13.3. The van der Waals surface area contributed by atoms with Gasteiger partial charge in [0.05, 0.1) is 20.4 Å². The summed E-state index contributed by atoms with van der Waals surface area (Å²) in [5.74, 6) is 1.48. The highest BCUT2D eigenvalue weighted by Gasteiger charge is 2.44. The Morgan fingerprint density at radius 2 is 1.41 bits per heavy atom. The molecule has 9 rings (SSSR count). The van der Waals surface area contributed by atoms with Crippen LogP contribution in [0, 0.1) is 5.92 Å². The Balaban J connectivity index is 1.27. The average Bonchev–Trinajstić information content (AvgIpc) is 4.03. The summed E-state index contributed by atoms with van der Waals surface area (Å²) in [5, 5.41) is 8.55. The molecule has 264 valence electrons. The van der Waals surface area contributed by atoms with E-state index in [1.165, 1.54) is 11.1 Å². The number of pyridine rings is 1. The Hall–Kier alpha value is -6.51. The van der Waals surface area contributed by atoms with Crippen LogP contribution < -0.4 is 9.47 Å². The number of allylic oxidation sites excluding steroid dienone is 4. The Morgan fingerprint density at radius 1 is 0.704 bits per heavy atom. The van der Waals surface area contributed by atoms with Gasteiger partial charge < -0.3 is 9.47 Å². The molecule has 7 nitrogen and oxygen atoms in total. The molecule has 0 bridgehead atoms. The number of hydrogen-bond donors (Lipinski definition) is 0. The number of imidazole rings is 1. The Labute approximate surface area is 318 Å². The van der Waals surface area contributed by atoms with Crippen LogP contribution in [-0.2, 0) is 5.54 Å². The first kappa shape index (κ1) is 33.3. The maximum absolute atomic E-state index is 5.64. The molecule has 0 spiro atoms. The molecule has 1 atom stereocenters. The second-order valence-corrected chi connectivity index (χ2v) is 14.2. The van der Waals surface area contributed by atoms with Gasteiger partial charge in [-0.2, -0.15) is 5.10 Å². The molecular weight excluding hydrogens is 687 g/mol. The number of methoxy groups -OCH3 is 2. The largest absolute Gasteiger partial charge is 0.493 e. The van der Waals surface area contributed by atoms with Gasteiger partial charge in [0.1, 0.15) is 27.6 Å². The van der Waals surface area contributed by atoms with E-state index in [0.29, 0.717) is 11.5 Å². The molecule has 0 aliphatic heterocycles. The van der Waals surface area contributed by atoms with Crippen LogP contribution in [0.15, 0.2) is 170 Å². The lowest BCUT2D eigenvalue weighted by atomic mass is 9.70. The first-order valence-electron chi connectivity index (χ1n) is 17.9. The molecule has 54 heavy (non-hydrogen) atoms. The first-order chi connectivity index (χ1) is 26.7. The predicted octanol–water partition coefficient (Wildman–Crippen LogP) is 10.6. The van der Waals surface area contributed by atoms with Gasteiger partial charge in [-0.3, -0.25) is 9.08 Å². The van der Waals surface area contributed by atoms with Crippen molar-refractivity contribution in [1.82, 2.24) is 24.1 Å². The molecule has 0 saturated heterocycles. The quantitative estimate of drug-likeness (QED) is 0.141. The lowest BCUT2D eigenvalue weighted by molar-refractivity contribution is 0.293. The predicted molar refractivity (Wildman–Crippen MR) is 217 cm³/mol. The third-order valence-corrected chi connectivity index (χ3v) is 11.2. The molecule has 1 unspecified atom stereocenters. The van der Waals surface area contributed by atoms with Gasteiger partial charge in [-0.25, -0.2) is 9.97 Å². The minimum Gasteiger partial charge on any atom is -0.493 e. The van der Waals surface area contributed by atoms with Crippen LogP contribution in [0.25, 0.3) is 49.9 Å². The van der Waals surface area contributed by atoms with Crippen molar-refractivity contribution in [2.24, 2.45) is 5.92 Å². The molecule has 0 amide bonds. The van der Waals surface area contributed by atoms with Crippen LogP contribution in [-0.4, -0.2) is 38.4 Å². The molecular formula is C46H37N5O2S. The summed E-state index contributed by atoms with van der Waals surface area (Å²) in [5.41, 5.74) is 9.54. The normalized spacial score (nSPS) is 14.1. The van der Waals surface area contributed by atoms with Crippen molar-refractivity contribution >= 4 is 17.0 Å². The van der Waals surface area contributed by atoms with Crippen molar-refractivity contribution < 1.29 is 9.47 Å². The molecule has 4 aromatic carbocycles. The van der Waals surface area contributed by atoms with Crippen molar-refractivity contribution in [2.75, 3.05) is 14.2 Å². The van der Waals surface area contributed by atoms with Crippen molar-refractivity contribution in [2.45, 2.75) is 12.0 Å².